The minimum Gasteiger partial charge on any atom is -0.389 e. The molecule has 5 heteroatoms. The van der Waals surface area contributed by atoms with Crippen LogP contribution in [0.1, 0.15) is 25.0 Å². The molecule has 0 aliphatic rings. The van der Waals surface area contributed by atoms with Crippen molar-refractivity contribution in [1.82, 2.24) is 4.72 Å². The molecular weight excluding hydrogens is 238 g/mol. The number of nitrogens with one attached hydrogen (secondary N) is 1. The molecule has 0 saturated carbocycles. The number of benzene rings is 1. The molecule has 0 aliphatic carbocycles. The molecule has 1 rings (SSSR count). The standard InChI is InChI=1S/C12H19NO3S/c1-10-5-4-6-11(7-10)8-17(15,16)13-9-12(2,3)14/h4-7,13-14H,8-9H2,1-3H3. The smallest absolute Gasteiger partial charge is 0.215 e. The summed E-state index contributed by atoms with van der Waals surface area (Å²) in [4.78, 5) is 0. The van der Waals surface area contributed by atoms with Crippen molar-refractivity contribution in [2.45, 2.75) is 32.1 Å². The summed E-state index contributed by atoms with van der Waals surface area (Å²) in [5, 5.41) is 9.46. The molecule has 2 N–H and O–H groups in total. The summed E-state index contributed by atoms with van der Waals surface area (Å²) in [5.41, 5.74) is 0.730. The topological polar surface area (TPSA) is 66.4 Å². The van der Waals surface area contributed by atoms with E-state index in [1.807, 2.05) is 25.1 Å². The molecule has 0 heterocycles. The Morgan fingerprint density at radius 2 is 2.00 bits per heavy atom. The second kappa shape index (κ2) is 5.16. The first-order valence-corrected chi connectivity index (χ1v) is 7.08. The van der Waals surface area contributed by atoms with Crippen LogP contribution < -0.4 is 4.72 Å². The highest BCUT2D eigenvalue weighted by atomic mass is 32.2. The zero-order valence-corrected chi connectivity index (χ0v) is 11.2. The normalized spacial score (nSPS) is 12.7. The van der Waals surface area contributed by atoms with Crippen molar-refractivity contribution in [3.8, 4) is 0 Å². The fraction of sp³-hybridized carbons (Fsp3) is 0.500. The molecule has 0 fully saturated rings. The first-order chi connectivity index (χ1) is 7.68. The second-order valence-corrected chi connectivity index (χ2v) is 6.69. The van der Waals surface area contributed by atoms with Gasteiger partial charge in [0.05, 0.1) is 11.4 Å². The number of aliphatic hydroxyl groups is 1. The molecule has 1 aromatic rings. The lowest BCUT2D eigenvalue weighted by atomic mass is 10.1. The Hall–Kier alpha value is -0.910. The molecule has 0 amide bonds. The van der Waals surface area contributed by atoms with E-state index in [0.717, 1.165) is 11.1 Å². The highest BCUT2D eigenvalue weighted by molar-refractivity contribution is 7.88. The van der Waals surface area contributed by atoms with E-state index in [4.69, 9.17) is 0 Å². The van der Waals surface area contributed by atoms with Gasteiger partial charge in [0, 0.05) is 6.54 Å². The van der Waals surface area contributed by atoms with Crippen LogP contribution in [0.25, 0.3) is 0 Å². The molecule has 0 spiro atoms. The van der Waals surface area contributed by atoms with Crippen LogP contribution >= 0.6 is 0 Å². The van der Waals surface area contributed by atoms with E-state index in [-0.39, 0.29) is 12.3 Å². The average Bonchev–Trinajstić information content (AvgIpc) is 2.13. The van der Waals surface area contributed by atoms with E-state index < -0.39 is 15.6 Å². The minimum absolute atomic E-state index is 0.0150. The maximum absolute atomic E-state index is 11.7. The SMILES string of the molecule is Cc1cccc(CS(=O)(=O)NCC(C)(C)O)c1. The van der Waals surface area contributed by atoms with Gasteiger partial charge in [-0.3, -0.25) is 0 Å². The molecule has 1 aromatic carbocycles. The van der Waals surface area contributed by atoms with Crippen LogP contribution in [-0.4, -0.2) is 25.7 Å². The third-order valence-corrected chi connectivity index (χ3v) is 3.46. The van der Waals surface area contributed by atoms with Crippen molar-refractivity contribution < 1.29 is 13.5 Å². The van der Waals surface area contributed by atoms with Gasteiger partial charge in [0.25, 0.3) is 0 Å². The largest absolute Gasteiger partial charge is 0.389 e. The van der Waals surface area contributed by atoms with Gasteiger partial charge in [-0.15, -0.1) is 0 Å². The summed E-state index contributed by atoms with van der Waals surface area (Å²) >= 11 is 0. The summed E-state index contributed by atoms with van der Waals surface area (Å²) in [6.07, 6.45) is 0. The predicted octanol–water partition coefficient (Wildman–Crippen LogP) is 1.19. The third kappa shape index (κ3) is 5.81. The molecule has 0 aliphatic heterocycles. The third-order valence-electron chi connectivity index (χ3n) is 2.16. The van der Waals surface area contributed by atoms with Crippen LogP contribution in [0.5, 0.6) is 0 Å². The van der Waals surface area contributed by atoms with Crippen LogP contribution in [0.4, 0.5) is 0 Å². The van der Waals surface area contributed by atoms with Crippen LogP contribution in [0.3, 0.4) is 0 Å². The highest BCUT2D eigenvalue weighted by Crippen LogP contribution is 2.08. The molecule has 96 valence electrons. The van der Waals surface area contributed by atoms with E-state index in [0.29, 0.717) is 0 Å². The first-order valence-electron chi connectivity index (χ1n) is 5.43. The summed E-state index contributed by atoms with van der Waals surface area (Å²) in [6.45, 7) is 5.05. The number of rotatable bonds is 5. The molecular formula is C12H19NO3S. The van der Waals surface area contributed by atoms with Gasteiger partial charge in [-0.1, -0.05) is 29.8 Å². The fourth-order valence-corrected chi connectivity index (χ4v) is 2.65. The monoisotopic (exact) mass is 257 g/mol. The minimum atomic E-state index is -3.39. The molecule has 4 nitrogen and oxygen atoms in total. The molecule has 17 heavy (non-hydrogen) atoms. The lowest BCUT2D eigenvalue weighted by molar-refractivity contribution is 0.0857. The van der Waals surface area contributed by atoms with Gasteiger partial charge in [-0.05, 0) is 26.3 Å². The van der Waals surface area contributed by atoms with Crippen LogP contribution in [0.15, 0.2) is 24.3 Å². The van der Waals surface area contributed by atoms with Gasteiger partial charge in [0.2, 0.25) is 10.0 Å². The van der Waals surface area contributed by atoms with E-state index in [1.165, 1.54) is 0 Å². The van der Waals surface area contributed by atoms with Gasteiger partial charge in [0.15, 0.2) is 0 Å². The van der Waals surface area contributed by atoms with Crippen molar-refractivity contribution in [2.75, 3.05) is 6.54 Å². The van der Waals surface area contributed by atoms with Gasteiger partial charge in [-0.25, -0.2) is 13.1 Å². The quantitative estimate of drug-likeness (QED) is 0.832. The summed E-state index contributed by atoms with van der Waals surface area (Å²) in [6, 6.07) is 7.36. The summed E-state index contributed by atoms with van der Waals surface area (Å²) in [5.74, 6) is -0.0647. The zero-order valence-electron chi connectivity index (χ0n) is 10.4. The van der Waals surface area contributed by atoms with E-state index in [2.05, 4.69) is 4.72 Å². The second-order valence-electron chi connectivity index (χ2n) is 4.88. The Bertz CT molecular complexity index is 475. The van der Waals surface area contributed by atoms with E-state index in [1.54, 1.807) is 19.9 Å². The highest BCUT2D eigenvalue weighted by Gasteiger charge is 2.18. The number of aryl methyl sites for hydroxylation is 1. The molecule has 0 radical (unpaired) electrons. The van der Waals surface area contributed by atoms with Gasteiger partial charge >= 0.3 is 0 Å². The first kappa shape index (κ1) is 14.2. The summed E-state index contributed by atoms with van der Waals surface area (Å²) < 4.78 is 25.9. The van der Waals surface area contributed by atoms with Crippen LogP contribution in [-0.2, 0) is 15.8 Å². The number of hydrogen-bond donors (Lipinski definition) is 2. The van der Waals surface area contributed by atoms with Crippen LogP contribution in [0.2, 0.25) is 0 Å². The van der Waals surface area contributed by atoms with Crippen molar-refractivity contribution in [1.29, 1.82) is 0 Å². The number of hydrogen-bond acceptors (Lipinski definition) is 3. The Morgan fingerprint density at radius 1 is 1.35 bits per heavy atom. The van der Waals surface area contributed by atoms with Crippen molar-refractivity contribution in [3.63, 3.8) is 0 Å². The molecule has 0 saturated heterocycles. The maximum atomic E-state index is 11.7. The lowest BCUT2D eigenvalue weighted by Gasteiger charge is -2.17. The van der Waals surface area contributed by atoms with Gasteiger partial charge in [0.1, 0.15) is 0 Å². The van der Waals surface area contributed by atoms with Gasteiger partial charge in [-0.2, -0.15) is 0 Å². The Labute approximate surface area is 103 Å². The molecule has 0 bridgehead atoms. The summed E-state index contributed by atoms with van der Waals surface area (Å²) in [7, 11) is -3.39. The van der Waals surface area contributed by atoms with E-state index >= 15 is 0 Å². The van der Waals surface area contributed by atoms with Gasteiger partial charge < -0.3 is 5.11 Å². The van der Waals surface area contributed by atoms with Crippen molar-refractivity contribution in [2.24, 2.45) is 0 Å². The average molecular weight is 257 g/mol. The lowest BCUT2D eigenvalue weighted by Crippen LogP contribution is -2.38. The maximum Gasteiger partial charge on any atom is 0.215 e. The van der Waals surface area contributed by atoms with Crippen molar-refractivity contribution in [3.05, 3.63) is 35.4 Å². The molecule has 0 unspecified atom stereocenters. The number of sulfonamides is 1. The van der Waals surface area contributed by atoms with E-state index in [9.17, 15) is 13.5 Å². The predicted molar refractivity (Wildman–Crippen MR) is 68.1 cm³/mol. The van der Waals surface area contributed by atoms with Crippen LogP contribution in [0, 0.1) is 6.92 Å². The Kier molecular flexibility index (Phi) is 4.30. The Balaban J connectivity index is 2.67. The zero-order chi connectivity index (χ0) is 13.1. The Morgan fingerprint density at radius 3 is 2.53 bits per heavy atom. The molecule has 0 atom stereocenters. The van der Waals surface area contributed by atoms with Crippen molar-refractivity contribution >= 4 is 10.0 Å². The molecule has 0 aromatic heterocycles. The fourth-order valence-electron chi connectivity index (χ4n) is 1.36.